The molecule has 0 aliphatic rings. The van der Waals surface area contributed by atoms with Crippen LogP contribution in [0.15, 0.2) is 33.9 Å². The van der Waals surface area contributed by atoms with Gasteiger partial charge in [0.2, 0.25) is 17.6 Å². The van der Waals surface area contributed by atoms with E-state index < -0.39 is 0 Å². The summed E-state index contributed by atoms with van der Waals surface area (Å²) >= 11 is 7.39. The first-order valence-electron chi connectivity index (χ1n) is 7.41. The van der Waals surface area contributed by atoms with Crippen molar-refractivity contribution in [2.24, 2.45) is 12.8 Å². The van der Waals surface area contributed by atoms with Crippen LogP contribution in [0.1, 0.15) is 18.1 Å². The molecule has 0 aliphatic carbocycles. The summed E-state index contributed by atoms with van der Waals surface area (Å²) in [6.45, 7) is 0. The zero-order valence-corrected chi connectivity index (χ0v) is 14.9. The molecule has 2 N–H and O–H groups in total. The van der Waals surface area contributed by atoms with Gasteiger partial charge >= 0.3 is 0 Å². The van der Waals surface area contributed by atoms with E-state index in [1.807, 2.05) is 23.7 Å². The number of aromatic nitrogens is 5. The van der Waals surface area contributed by atoms with Crippen LogP contribution in [-0.2, 0) is 24.0 Å². The molecule has 0 fully saturated rings. The van der Waals surface area contributed by atoms with Gasteiger partial charge in [0.25, 0.3) is 0 Å². The van der Waals surface area contributed by atoms with E-state index >= 15 is 0 Å². The number of amides is 1. The lowest BCUT2D eigenvalue weighted by molar-refractivity contribution is -0.118. The van der Waals surface area contributed by atoms with Gasteiger partial charge in [0.05, 0.1) is 5.75 Å². The standard InChI is InChI=1S/C15H15ClN6O2S/c1-22-12(6-5-11(17)23)19-20-15(22)25-8-13-18-14(21-24-13)9-3-2-4-10(16)7-9/h2-4,7H,5-6,8H2,1H3,(H2,17,23). The number of nitrogens with two attached hydrogens (primary N) is 1. The molecule has 0 saturated carbocycles. The minimum atomic E-state index is -0.364. The van der Waals surface area contributed by atoms with Crippen molar-refractivity contribution in [1.29, 1.82) is 0 Å². The summed E-state index contributed by atoms with van der Waals surface area (Å²) in [7, 11) is 1.84. The summed E-state index contributed by atoms with van der Waals surface area (Å²) < 4.78 is 7.08. The second kappa shape index (κ2) is 7.66. The van der Waals surface area contributed by atoms with Crippen LogP contribution in [0.2, 0.25) is 5.02 Å². The Morgan fingerprint density at radius 2 is 2.24 bits per heavy atom. The summed E-state index contributed by atoms with van der Waals surface area (Å²) in [5.74, 6) is 1.75. The minimum absolute atomic E-state index is 0.239. The van der Waals surface area contributed by atoms with Crippen molar-refractivity contribution >= 4 is 29.3 Å². The van der Waals surface area contributed by atoms with Crippen molar-refractivity contribution in [1.82, 2.24) is 24.9 Å². The number of hydrogen-bond donors (Lipinski definition) is 1. The van der Waals surface area contributed by atoms with Gasteiger partial charge in [-0.2, -0.15) is 4.98 Å². The van der Waals surface area contributed by atoms with Gasteiger partial charge in [-0.05, 0) is 12.1 Å². The zero-order valence-electron chi connectivity index (χ0n) is 13.3. The molecule has 3 rings (SSSR count). The highest BCUT2D eigenvalue weighted by Gasteiger charge is 2.13. The average molecular weight is 379 g/mol. The van der Waals surface area contributed by atoms with Crippen LogP contribution >= 0.6 is 23.4 Å². The third-order valence-corrected chi connectivity index (χ3v) is 4.64. The highest BCUT2D eigenvalue weighted by Crippen LogP contribution is 2.24. The molecule has 0 atom stereocenters. The number of hydrogen-bond acceptors (Lipinski definition) is 7. The van der Waals surface area contributed by atoms with E-state index in [-0.39, 0.29) is 12.3 Å². The first-order chi connectivity index (χ1) is 12.0. The van der Waals surface area contributed by atoms with Gasteiger partial charge in [-0.3, -0.25) is 4.79 Å². The molecule has 3 aromatic rings. The topological polar surface area (TPSA) is 113 Å². The Balaban J connectivity index is 1.64. The van der Waals surface area contributed by atoms with Crippen LogP contribution < -0.4 is 5.73 Å². The molecule has 0 aliphatic heterocycles. The van der Waals surface area contributed by atoms with E-state index in [2.05, 4.69) is 20.3 Å². The second-order valence-electron chi connectivity index (χ2n) is 5.23. The van der Waals surface area contributed by atoms with E-state index in [1.165, 1.54) is 11.8 Å². The monoisotopic (exact) mass is 378 g/mol. The number of primary amides is 1. The van der Waals surface area contributed by atoms with Gasteiger partial charge in [-0.25, -0.2) is 0 Å². The van der Waals surface area contributed by atoms with Crippen molar-refractivity contribution in [3.63, 3.8) is 0 Å². The Morgan fingerprint density at radius 1 is 1.40 bits per heavy atom. The largest absolute Gasteiger partial charge is 0.370 e. The van der Waals surface area contributed by atoms with Crippen LogP contribution in [0.25, 0.3) is 11.4 Å². The predicted octanol–water partition coefficient (Wildman–Crippen LogP) is 2.23. The van der Waals surface area contributed by atoms with Crippen molar-refractivity contribution in [3.05, 3.63) is 41.0 Å². The highest BCUT2D eigenvalue weighted by molar-refractivity contribution is 7.98. The maximum absolute atomic E-state index is 10.9. The molecule has 1 amide bonds. The lowest BCUT2D eigenvalue weighted by Crippen LogP contribution is -2.12. The SMILES string of the molecule is Cn1c(CCC(N)=O)nnc1SCc1nc(-c2cccc(Cl)c2)no1. The van der Waals surface area contributed by atoms with Gasteiger partial charge in [-0.15, -0.1) is 10.2 Å². The average Bonchev–Trinajstić information content (AvgIpc) is 3.18. The molecule has 130 valence electrons. The van der Waals surface area contributed by atoms with Crippen LogP contribution in [0.5, 0.6) is 0 Å². The molecule has 0 unspecified atom stereocenters. The van der Waals surface area contributed by atoms with Gasteiger partial charge in [0.15, 0.2) is 5.16 Å². The fraction of sp³-hybridized carbons (Fsp3) is 0.267. The Bertz CT molecular complexity index is 894. The third kappa shape index (κ3) is 4.37. The van der Waals surface area contributed by atoms with E-state index in [0.717, 1.165) is 5.56 Å². The van der Waals surface area contributed by atoms with E-state index in [0.29, 0.717) is 39.9 Å². The highest BCUT2D eigenvalue weighted by atomic mass is 35.5. The molecule has 0 radical (unpaired) electrons. The summed E-state index contributed by atoms with van der Waals surface area (Å²) in [6.07, 6.45) is 0.697. The molecule has 0 bridgehead atoms. The predicted molar refractivity (Wildman–Crippen MR) is 92.8 cm³/mol. The zero-order chi connectivity index (χ0) is 17.8. The fourth-order valence-corrected chi connectivity index (χ4v) is 3.07. The molecule has 2 heterocycles. The molecule has 1 aromatic carbocycles. The van der Waals surface area contributed by atoms with Crippen LogP contribution in [0.4, 0.5) is 0 Å². The molecule has 10 heteroatoms. The van der Waals surface area contributed by atoms with Crippen molar-refractivity contribution in [2.45, 2.75) is 23.8 Å². The Labute approximate surface area is 152 Å². The van der Waals surface area contributed by atoms with Crippen molar-refractivity contribution in [3.8, 4) is 11.4 Å². The van der Waals surface area contributed by atoms with Crippen molar-refractivity contribution in [2.75, 3.05) is 0 Å². The van der Waals surface area contributed by atoms with Crippen LogP contribution in [-0.4, -0.2) is 30.8 Å². The Morgan fingerprint density at radius 3 is 3.00 bits per heavy atom. The van der Waals surface area contributed by atoms with Gasteiger partial charge in [0.1, 0.15) is 5.82 Å². The Hall–Kier alpha value is -2.39. The fourth-order valence-electron chi connectivity index (χ4n) is 2.11. The summed E-state index contributed by atoms with van der Waals surface area (Å²) in [5, 5.41) is 13.4. The second-order valence-corrected chi connectivity index (χ2v) is 6.61. The lowest BCUT2D eigenvalue weighted by Gasteiger charge is -2.01. The molecule has 2 aromatic heterocycles. The van der Waals surface area contributed by atoms with Crippen LogP contribution in [0, 0.1) is 0 Å². The van der Waals surface area contributed by atoms with Gasteiger partial charge in [-0.1, -0.05) is 40.7 Å². The number of carbonyl (C=O) groups is 1. The number of nitrogens with zero attached hydrogens (tertiary/aromatic N) is 5. The van der Waals surface area contributed by atoms with E-state index in [1.54, 1.807) is 12.1 Å². The Kier molecular flexibility index (Phi) is 5.34. The van der Waals surface area contributed by atoms with E-state index in [9.17, 15) is 4.79 Å². The number of aryl methyl sites for hydroxylation is 1. The summed E-state index contributed by atoms with van der Waals surface area (Å²) in [5.41, 5.74) is 5.95. The first-order valence-corrected chi connectivity index (χ1v) is 8.77. The maximum Gasteiger partial charge on any atom is 0.237 e. The quantitative estimate of drug-likeness (QED) is 0.627. The number of carbonyl (C=O) groups excluding carboxylic acids is 1. The molecule has 0 saturated heterocycles. The van der Waals surface area contributed by atoms with Gasteiger partial charge in [0, 0.05) is 30.5 Å². The van der Waals surface area contributed by atoms with E-state index in [4.69, 9.17) is 21.9 Å². The molecule has 0 spiro atoms. The molecular formula is C15H15ClN6O2S. The molecule has 8 nitrogen and oxygen atoms in total. The first kappa shape index (κ1) is 17.4. The van der Waals surface area contributed by atoms with Crippen molar-refractivity contribution < 1.29 is 9.32 Å². The summed E-state index contributed by atoms with van der Waals surface area (Å²) in [4.78, 5) is 15.2. The third-order valence-electron chi connectivity index (χ3n) is 3.40. The lowest BCUT2D eigenvalue weighted by atomic mass is 10.2. The normalized spacial score (nSPS) is 11.0. The molecule has 25 heavy (non-hydrogen) atoms. The smallest absolute Gasteiger partial charge is 0.237 e. The maximum atomic E-state index is 10.9. The number of thioether (sulfide) groups is 1. The molecular weight excluding hydrogens is 364 g/mol. The summed E-state index contributed by atoms with van der Waals surface area (Å²) in [6, 6.07) is 7.25. The minimum Gasteiger partial charge on any atom is -0.370 e. The van der Waals surface area contributed by atoms with Gasteiger partial charge < -0.3 is 14.8 Å². The number of halogens is 1. The number of rotatable bonds is 7. The van der Waals surface area contributed by atoms with Crippen LogP contribution in [0.3, 0.4) is 0 Å². The number of benzene rings is 1.